The first-order valence-electron chi connectivity index (χ1n) is 10.7. The van der Waals surface area contributed by atoms with Gasteiger partial charge < -0.3 is 19.3 Å². The molecule has 1 atom stereocenters. The van der Waals surface area contributed by atoms with E-state index in [9.17, 15) is 27.9 Å². The molecule has 0 radical (unpaired) electrons. The van der Waals surface area contributed by atoms with Gasteiger partial charge in [0.05, 0.1) is 30.3 Å². The third-order valence-corrected chi connectivity index (χ3v) is 6.23. The largest absolute Gasteiger partial charge is 0.573 e. The van der Waals surface area contributed by atoms with Crippen molar-refractivity contribution < 1.29 is 42.1 Å². The number of nitrogens with zero attached hydrogens (tertiary/aromatic N) is 1. The van der Waals surface area contributed by atoms with Gasteiger partial charge in [-0.25, -0.2) is 0 Å². The van der Waals surface area contributed by atoms with Gasteiger partial charge in [-0.2, -0.15) is 0 Å². The van der Waals surface area contributed by atoms with Gasteiger partial charge in [0.15, 0.2) is 0 Å². The van der Waals surface area contributed by atoms with Crippen molar-refractivity contribution in [2.75, 3.05) is 19.1 Å². The number of carbonyl (C=O) groups is 2. The van der Waals surface area contributed by atoms with E-state index in [0.29, 0.717) is 21.5 Å². The first-order valence-corrected chi connectivity index (χ1v) is 11.5. The predicted octanol–water partition coefficient (Wildman–Crippen LogP) is 5.99. The lowest BCUT2D eigenvalue weighted by Crippen LogP contribution is -2.29. The zero-order chi connectivity index (χ0) is 26.9. The molecule has 1 unspecified atom stereocenters. The van der Waals surface area contributed by atoms with Crippen LogP contribution in [-0.4, -0.2) is 37.4 Å². The van der Waals surface area contributed by atoms with E-state index in [1.807, 2.05) is 0 Å². The number of ketones is 1. The Bertz CT molecular complexity index is 1410. The Hall–Kier alpha value is -3.99. The van der Waals surface area contributed by atoms with Crippen LogP contribution in [0.15, 0.2) is 76.8 Å². The minimum absolute atomic E-state index is 0.0355. The van der Waals surface area contributed by atoms with Crippen molar-refractivity contribution in [1.82, 2.24) is 0 Å². The zero-order valence-electron chi connectivity index (χ0n) is 19.4. The Morgan fingerprint density at radius 3 is 2.30 bits per heavy atom. The van der Waals surface area contributed by atoms with Crippen molar-refractivity contribution >= 4 is 39.1 Å². The van der Waals surface area contributed by atoms with Gasteiger partial charge in [0.2, 0.25) is 0 Å². The first kappa shape index (κ1) is 26.1. The summed E-state index contributed by atoms with van der Waals surface area (Å²) >= 11 is 3.33. The molecule has 1 amide bonds. The van der Waals surface area contributed by atoms with Crippen molar-refractivity contribution in [3.05, 3.63) is 87.9 Å². The number of aliphatic hydroxyl groups excluding tert-OH is 1. The van der Waals surface area contributed by atoms with Crippen molar-refractivity contribution in [3.8, 4) is 17.2 Å². The quantitative estimate of drug-likeness (QED) is 0.220. The fourth-order valence-electron chi connectivity index (χ4n) is 4.03. The Morgan fingerprint density at radius 1 is 0.946 bits per heavy atom. The van der Waals surface area contributed by atoms with E-state index in [1.54, 1.807) is 30.3 Å². The minimum atomic E-state index is -4.96. The number of alkyl halides is 3. The van der Waals surface area contributed by atoms with Crippen LogP contribution < -0.4 is 19.1 Å². The molecule has 1 N–H and O–H groups in total. The van der Waals surface area contributed by atoms with Crippen LogP contribution >= 0.6 is 15.9 Å². The van der Waals surface area contributed by atoms with Crippen LogP contribution in [-0.2, 0) is 9.59 Å². The Kier molecular flexibility index (Phi) is 7.17. The summed E-state index contributed by atoms with van der Waals surface area (Å²) in [6, 6.07) is 14.6. The molecule has 7 nitrogen and oxygen atoms in total. The molecule has 0 bridgehead atoms. The normalized spacial score (nSPS) is 17.1. The molecule has 0 aliphatic carbocycles. The average molecular weight is 578 g/mol. The second-order valence-corrected chi connectivity index (χ2v) is 8.69. The van der Waals surface area contributed by atoms with Crippen molar-refractivity contribution in [1.29, 1.82) is 0 Å². The van der Waals surface area contributed by atoms with Crippen molar-refractivity contribution in [3.63, 3.8) is 0 Å². The second-order valence-electron chi connectivity index (χ2n) is 7.84. The van der Waals surface area contributed by atoms with Gasteiger partial charge >= 0.3 is 6.36 Å². The number of halogens is 4. The number of hydrogen-bond donors (Lipinski definition) is 1. The zero-order valence-corrected chi connectivity index (χ0v) is 21.0. The number of carbonyl (C=O) groups excluding carboxylic acids is 2. The van der Waals surface area contributed by atoms with E-state index in [2.05, 4.69) is 20.7 Å². The van der Waals surface area contributed by atoms with Crippen LogP contribution in [0.2, 0.25) is 0 Å². The molecule has 1 saturated heterocycles. The summed E-state index contributed by atoms with van der Waals surface area (Å²) in [7, 11) is 2.90. The molecule has 0 saturated carbocycles. The number of methoxy groups -OCH3 is 2. The highest BCUT2D eigenvalue weighted by Gasteiger charge is 2.47. The summed E-state index contributed by atoms with van der Waals surface area (Å²) in [5, 5.41) is 11.2. The molecule has 0 aromatic heterocycles. The van der Waals surface area contributed by atoms with E-state index >= 15 is 0 Å². The lowest BCUT2D eigenvalue weighted by molar-refractivity contribution is -0.274. The molecule has 1 aliphatic rings. The molecule has 1 aliphatic heterocycles. The Morgan fingerprint density at radius 2 is 1.65 bits per heavy atom. The topological polar surface area (TPSA) is 85.3 Å². The third-order valence-electron chi connectivity index (χ3n) is 5.61. The number of amides is 1. The number of anilines is 1. The summed E-state index contributed by atoms with van der Waals surface area (Å²) in [5.41, 5.74) is 0.312. The van der Waals surface area contributed by atoms with Crippen LogP contribution in [0.25, 0.3) is 5.76 Å². The summed E-state index contributed by atoms with van der Waals surface area (Å²) in [6.45, 7) is 0. The summed E-state index contributed by atoms with van der Waals surface area (Å²) in [6.07, 6.45) is -4.96. The fraction of sp³-hybridized carbons (Fsp3) is 0.154. The molecule has 4 rings (SSSR count). The number of rotatable bonds is 6. The highest BCUT2D eigenvalue weighted by molar-refractivity contribution is 9.10. The first-order chi connectivity index (χ1) is 17.5. The molecule has 37 heavy (non-hydrogen) atoms. The second kappa shape index (κ2) is 10.2. The van der Waals surface area contributed by atoms with Crippen molar-refractivity contribution in [2.24, 2.45) is 0 Å². The van der Waals surface area contributed by atoms with Gasteiger partial charge in [0, 0.05) is 17.3 Å². The Balaban J connectivity index is 1.92. The summed E-state index contributed by atoms with van der Waals surface area (Å²) in [4.78, 5) is 27.6. The molecular weight excluding hydrogens is 559 g/mol. The van der Waals surface area contributed by atoms with Crippen LogP contribution in [0.1, 0.15) is 17.2 Å². The number of Topliss-reactive ketones (excluding diaryl/α,β-unsaturated/α-hetero) is 1. The van der Waals surface area contributed by atoms with E-state index in [4.69, 9.17) is 9.47 Å². The van der Waals surface area contributed by atoms with Crippen molar-refractivity contribution in [2.45, 2.75) is 12.4 Å². The molecule has 3 aromatic rings. The summed E-state index contributed by atoms with van der Waals surface area (Å²) in [5.74, 6) is -2.21. The maximum Gasteiger partial charge on any atom is 0.573 e. The molecular formula is C26H19BrF3NO6. The van der Waals surface area contributed by atoms with Gasteiger partial charge in [0.25, 0.3) is 11.7 Å². The molecule has 0 spiro atoms. The minimum Gasteiger partial charge on any atom is -0.507 e. The smallest absolute Gasteiger partial charge is 0.507 e. The van der Waals surface area contributed by atoms with Crippen LogP contribution in [0.4, 0.5) is 18.9 Å². The van der Waals surface area contributed by atoms with Crippen LogP contribution in [0.3, 0.4) is 0 Å². The van der Waals surface area contributed by atoms with Gasteiger partial charge in [-0.1, -0.05) is 18.2 Å². The lowest BCUT2D eigenvalue weighted by Gasteiger charge is -2.26. The molecule has 3 aromatic carbocycles. The van der Waals surface area contributed by atoms with Crippen LogP contribution in [0, 0.1) is 0 Å². The number of hydrogen-bond acceptors (Lipinski definition) is 6. The third kappa shape index (κ3) is 5.26. The number of aliphatic hydroxyl groups is 1. The summed E-state index contributed by atoms with van der Waals surface area (Å²) < 4.78 is 53.5. The maximum atomic E-state index is 13.3. The van der Waals surface area contributed by atoms with Crippen LogP contribution in [0.5, 0.6) is 17.2 Å². The standard InChI is InChI=1S/C26H19BrF3NO6/c1-35-17-7-3-5-14(11-17)22-21(23(32)15-9-10-20(36-2)19(27)12-15)24(33)25(34)31(22)16-6-4-8-18(13-16)37-26(28,29)30/h3-13,22,32H,1-2H3/b23-21+. The van der Waals surface area contributed by atoms with E-state index in [1.165, 1.54) is 38.5 Å². The van der Waals surface area contributed by atoms with Gasteiger partial charge in [0.1, 0.15) is 23.0 Å². The number of ether oxygens (including phenoxy) is 3. The SMILES string of the molecule is COc1cccc(C2/C(=C(\O)c3ccc(OC)c(Br)c3)C(=O)C(=O)N2c2cccc(OC(F)(F)F)c2)c1. The molecule has 192 valence electrons. The average Bonchev–Trinajstić information content (AvgIpc) is 3.13. The highest BCUT2D eigenvalue weighted by atomic mass is 79.9. The maximum absolute atomic E-state index is 13.3. The number of benzene rings is 3. The van der Waals surface area contributed by atoms with Gasteiger partial charge in [-0.15, -0.1) is 13.2 Å². The fourth-order valence-corrected chi connectivity index (χ4v) is 4.57. The predicted molar refractivity (Wildman–Crippen MR) is 132 cm³/mol. The monoisotopic (exact) mass is 577 g/mol. The molecule has 1 heterocycles. The Labute approximate surface area is 217 Å². The highest BCUT2D eigenvalue weighted by Crippen LogP contribution is 2.44. The van der Waals surface area contributed by atoms with E-state index in [-0.39, 0.29) is 16.8 Å². The molecule has 11 heteroatoms. The van der Waals surface area contributed by atoms with Gasteiger partial charge in [-0.3, -0.25) is 14.5 Å². The van der Waals surface area contributed by atoms with E-state index in [0.717, 1.165) is 17.0 Å². The van der Waals surface area contributed by atoms with Gasteiger partial charge in [-0.05, 0) is 64.0 Å². The molecule has 1 fully saturated rings. The lowest BCUT2D eigenvalue weighted by atomic mass is 9.95. The van der Waals surface area contributed by atoms with E-state index < -0.39 is 35.6 Å².